The summed E-state index contributed by atoms with van der Waals surface area (Å²) < 4.78 is 30.1. The van der Waals surface area contributed by atoms with Gasteiger partial charge in [-0.15, -0.1) is 12.4 Å². The molecule has 27 heavy (non-hydrogen) atoms. The smallest absolute Gasteiger partial charge is 0.282 e. The van der Waals surface area contributed by atoms with Crippen molar-refractivity contribution in [3.8, 4) is 0 Å². The Kier molecular flexibility index (Phi) is 6.46. The second kappa shape index (κ2) is 8.47. The number of halogens is 2. The van der Waals surface area contributed by atoms with Crippen LogP contribution < -0.4 is 5.32 Å². The van der Waals surface area contributed by atoms with Crippen LogP contribution in [0.4, 0.5) is 0 Å². The van der Waals surface area contributed by atoms with E-state index in [9.17, 15) is 8.42 Å². The van der Waals surface area contributed by atoms with Gasteiger partial charge in [-0.1, -0.05) is 54.1 Å². The molecule has 2 aromatic rings. The second-order valence-corrected chi connectivity index (χ2v) is 9.00. The molecule has 0 bridgehead atoms. The lowest BCUT2D eigenvalue weighted by molar-refractivity contribution is 0.242. The maximum absolute atomic E-state index is 13.4. The standard InChI is InChI=1S/C19H22ClN3O2S.ClH/c20-18-8-4-3-7-17(18)19-13-21-10-12-23(19)26(24,25)22-11-9-15-5-1-2-6-16(15)14-22;/h1-8,19,21H,9-14H2;1H. The van der Waals surface area contributed by atoms with Crippen LogP contribution in [0.3, 0.4) is 0 Å². The molecule has 0 spiro atoms. The Labute approximate surface area is 171 Å². The molecule has 5 nitrogen and oxygen atoms in total. The molecule has 2 aromatic carbocycles. The third-order valence-corrected chi connectivity index (χ3v) is 7.51. The first kappa shape index (κ1) is 20.6. The first-order chi connectivity index (χ1) is 12.6. The summed E-state index contributed by atoms with van der Waals surface area (Å²) in [6, 6.07) is 15.3. The van der Waals surface area contributed by atoms with Gasteiger partial charge in [-0.05, 0) is 29.2 Å². The number of benzene rings is 2. The molecule has 146 valence electrons. The van der Waals surface area contributed by atoms with E-state index in [4.69, 9.17) is 11.6 Å². The van der Waals surface area contributed by atoms with E-state index >= 15 is 0 Å². The molecular weight excluding hydrogens is 405 g/mol. The van der Waals surface area contributed by atoms with Crippen LogP contribution >= 0.6 is 24.0 Å². The minimum absolute atomic E-state index is 0. The Morgan fingerprint density at radius 3 is 2.48 bits per heavy atom. The van der Waals surface area contributed by atoms with E-state index in [0.717, 1.165) is 17.5 Å². The number of hydrogen-bond donors (Lipinski definition) is 1. The highest BCUT2D eigenvalue weighted by atomic mass is 35.5. The van der Waals surface area contributed by atoms with E-state index in [1.54, 1.807) is 8.61 Å². The average molecular weight is 428 g/mol. The zero-order valence-electron chi connectivity index (χ0n) is 14.8. The Balaban J connectivity index is 0.00000210. The summed E-state index contributed by atoms with van der Waals surface area (Å²) in [7, 11) is -3.57. The van der Waals surface area contributed by atoms with Crippen LogP contribution in [0.1, 0.15) is 22.7 Å². The van der Waals surface area contributed by atoms with E-state index in [1.165, 1.54) is 5.56 Å². The highest BCUT2D eigenvalue weighted by Crippen LogP contribution is 2.32. The van der Waals surface area contributed by atoms with Crippen LogP contribution in [0.5, 0.6) is 0 Å². The van der Waals surface area contributed by atoms with Gasteiger partial charge in [-0.3, -0.25) is 0 Å². The topological polar surface area (TPSA) is 52.7 Å². The van der Waals surface area contributed by atoms with Gasteiger partial charge in [-0.2, -0.15) is 17.0 Å². The SMILES string of the molecule is Cl.O=S(=O)(N1CCc2ccccc2C1)N1CCNCC1c1ccccc1Cl. The second-order valence-electron chi connectivity index (χ2n) is 6.71. The van der Waals surface area contributed by atoms with E-state index < -0.39 is 10.2 Å². The molecule has 0 amide bonds. The summed E-state index contributed by atoms with van der Waals surface area (Å²) in [6.07, 6.45) is 0.748. The molecule has 2 aliphatic heterocycles. The highest BCUT2D eigenvalue weighted by Gasteiger charge is 2.39. The molecule has 0 saturated carbocycles. The quantitative estimate of drug-likeness (QED) is 0.818. The third kappa shape index (κ3) is 4.01. The largest absolute Gasteiger partial charge is 0.313 e. The number of fused-ring (bicyclic) bond motifs is 1. The fraction of sp³-hybridized carbons (Fsp3) is 0.368. The molecule has 2 heterocycles. The molecule has 0 radical (unpaired) electrons. The zero-order valence-corrected chi connectivity index (χ0v) is 17.2. The Bertz CT molecular complexity index is 907. The lowest BCUT2D eigenvalue weighted by Crippen LogP contribution is -2.54. The van der Waals surface area contributed by atoms with Gasteiger partial charge < -0.3 is 5.32 Å². The van der Waals surface area contributed by atoms with Gasteiger partial charge in [0.1, 0.15) is 0 Å². The van der Waals surface area contributed by atoms with Gasteiger partial charge in [0, 0.05) is 37.7 Å². The number of rotatable bonds is 3. The molecule has 0 aromatic heterocycles. The molecule has 0 aliphatic carbocycles. The molecule has 2 aliphatic rings. The van der Waals surface area contributed by atoms with E-state index in [0.29, 0.717) is 37.7 Å². The third-order valence-electron chi connectivity index (χ3n) is 5.18. The lowest BCUT2D eigenvalue weighted by Gasteiger charge is -2.40. The molecule has 1 saturated heterocycles. The van der Waals surface area contributed by atoms with Crippen molar-refractivity contribution in [1.29, 1.82) is 0 Å². The maximum atomic E-state index is 13.4. The predicted octanol–water partition coefficient (Wildman–Crippen LogP) is 3.01. The van der Waals surface area contributed by atoms with Gasteiger partial charge in [0.2, 0.25) is 0 Å². The van der Waals surface area contributed by atoms with Gasteiger partial charge in [0.15, 0.2) is 0 Å². The zero-order chi connectivity index (χ0) is 18.1. The number of nitrogens with one attached hydrogen (secondary N) is 1. The summed E-state index contributed by atoms with van der Waals surface area (Å²) in [5.74, 6) is 0. The fourth-order valence-corrected chi connectivity index (χ4v) is 5.80. The molecule has 4 rings (SSSR count). The van der Waals surface area contributed by atoms with Crippen molar-refractivity contribution >= 4 is 34.2 Å². The lowest BCUT2D eigenvalue weighted by atomic mass is 10.0. The molecule has 1 unspecified atom stereocenters. The van der Waals surface area contributed by atoms with Gasteiger partial charge in [0.25, 0.3) is 10.2 Å². The minimum Gasteiger partial charge on any atom is -0.313 e. The highest BCUT2D eigenvalue weighted by molar-refractivity contribution is 7.86. The molecule has 1 N–H and O–H groups in total. The van der Waals surface area contributed by atoms with Crippen molar-refractivity contribution in [2.45, 2.75) is 19.0 Å². The first-order valence-corrected chi connectivity index (χ1v) is 10.6. The monoisotopic (exact) mass is 427 g/mol. The summed E-state index contributed by atoms with van der Waals surface area (Å²) >= 11 is 6.36. The van der Waals surface area contributed by atoms with Crippen LogP contribution in [0.25, 0.3) is 0 Å². The van der Waals surface area contributed by atoms with E-state index in [2.05, 4.69) is 11.4 Å². The molecular formula is C19H23Cl2N3O2S. The molecule has 8 heteroatoms. The van der Waals surface area contributed by atoms with Crippen LogP contribution in [0, 0.1) is 0 Å². The van der Waals surface area contributed by atoms with Crippen LogP contribution in [-0.2, 0) is 23.2 Å². The first-order valence-electron chi connectivity index (χ1n) is 8.86. The summed E-state index contributed by atoms with van der Waals surface area (Å²) in [5, 5.41) is 3.90. The Morgan fingerprint density at radius 1 is 1.00 bits per heavy atom. The maximum Gasteiger partial charge on any atom is 0.282 e. The fourth-order valence-electron chi connectivity index (χ4n) is 3.79. The van der Waals surface area contributed by atoms with Crippen LogP contribution in [0.15, 0.2) is 48.5 Å². The number of nitrogens with zero attached hydrogens (tertiary/aromatic N) is 2. The van der Waals surface area contributed by atoms with Gasteiger partial charge >= 0.3 is 0 Å². The summed E-state index contributed by atoms with van der Waals surface area (Å²) in [6.45, 7) is 2.59. The van der Waals surface area contributed by atoms with Crippen LogP contribution in [-0.4, -0.2) is 43.2 Å². The molecule has 1 atom stereocenters. The predicted molar refractivity (Wildman–Crippen MR) is 110 cm³/mol. The van der Waals surface area contributed by atoms with E-state index in [1.807, 2.05) is 42.5 Å². The number of piperazine rings is 1. The normalized spacial score (nSPS) is 21.3. The van der Waals surface area contributed by atoms with Crippen molar-refractivity contribution in [3.05, 3.63) is 70.2 Å². The van der Waals surface area contributed by atoms with Gasteiger partial charge in [0.05, 0.1) is 6.04 Å². The minimum atomic E-state index is -3.57. The summed E-state index contributed by atoms with van der Waals surface area (Å²) in [5.41, 5.74) is 3.18. The van der Waals surface area contributed by atoms with Crippen LogP contribution in [0.2, 0.25) is 5.02 Å². The van der Waals surface area contributed by atoms with Crippen molar-refractivity contribution in [2.24, 2.45) is 0 Å². The van der Waals surface area contributed by atoms with Crippen molar-refractivity contribution < 1.29 is 8.42 Å². The van der Waals surface area contributed by atoms with Crippen molar-refractivity contribution in [1.82, 2.24) is 13.9 Å². The van der Waals surface area contributed by atoms with E-state index in [-0.39, 0.29) is 18.4 Å². The van der Waals surface area contributed by atoms with Gasteiger partial charge in [-0.25, -0.2) is 0 Å². The number of hydrogen-bond acceptors (Lipinski definition) is 3. The Morgan fingerprint density at radius 2 is 1.70 bits per heavy atom. The van der Waals surface area contributed by atoms with Crippen molar-refractivity contribution in [2.75, 3.05) is 26.2 Å². The summed E-state index contributed by atoms with van der Waals surface area (Å²) in [4.78, 5) is 0. The average Bonchev–Trinajstić information content (AvgIpc) is 2.68. The Hall–Kier alpha value is -1.15. The van der Waals surface area contributed by atoms with Crippen molar-refractivity contribution in [3.63, 3.8) is 0 Å². The molecule has 1 fully saturated rings.